The number of hydrogen-bond donors (Lipinski definition) is 2. The zero-order chi connectivity index (χ0) is 9.52. The molecule has 1 aliphatic heterocycles. The number of hydrogen-bond acceptors (Lipinski definition) is 4. The van der Waals surface area contributed by atoms with Crippen molar-refractivity contribution in [2.45, 2.75) is 25.8 Å². The van der Waals surface area contributed by atoms with Gasteiger partial charge < -0.3 is 10.1 Å². The smallest absolute Gasteiger partial charge is 0.327 e. The lowest BCUT2D eigenvalue weighted by atomic mass is 10.2. The molecule has 1 aliphatic rings. The Morgan fingerprint density at radius 1 is 1.69 bits per heavy atom. The van der Waals surface area contributed by atoms with Gasteiger partial charge in [0.1, 0.15) is 6.04 Å². The zero-order valence-electron chi connectivity index (χ0n) is 7.88. The van der Waals surface area contributed by atoms with Crippen molar-refractivity contribution in [3.63, 3.8) is 0 Å². The number of ether oxygens (including phenoxy) is 1. The molecule has 1 atom stereocenters. The Kier molecular flexibility index (Phi) is 4.32. The lowest BCUT2D eigenvalue weighted by molar-refractivity contribution is -0.145. The predicted molar refractivity (Wildman–Crippen MR) is 49.9 cm³/mol. The Morgan fingerprint density at radius 2 is 2.54 bits per heavy atom. The molecule has 13 heavy (non-hydrogen) atoms. The van der Waals surface area contributed by atoms with Crippen LogP contribution in [0, 0.1) is 0 Å². The van der Waals surface area contributed by atoms with Crippen LogP contribution in [-0.2, 0) is 9.53 Å². The molecule has 74 valence electrons. The molecule has 0 saturated carbocycles. The summed E-state index contributed by atoms with van der Waals surface area (Å²) in [5.41, 5.74) is 0. The van der Waals surface area contributed by atoms with Gasteiger partial charge in [-0.2, -0.15) is 0 Å². The molecule has 0 radical (unpaired) electrons. The molecule has 0 aromatic carbocycles. The van der Waals surface area contributed by atoms with Gasteiger partial charge in [0.15, 0.2) is 0 Å². The maximum absolute atomic E-state index is 11.3. The molecule has 2 N–H and O–H groups in total. The van der Waals surface area contributed by atoms with Gasteiger partial charge in [0.2, 0.25) is 0 Å². The highest BCUT2D eigenvalue weighted by molar-refractivity contribution is 5.78. The van der Waals surface area contributed by atoms with Crippen molar-refractivity contribution in [1.29, 1.82) is 0 Å². The maximum atomic E-state index is 11.3. The van der Waals surface area contributed by atoms with Gasteiger partial charge in [0.05, 0.1) is 13.3 Å². The third-order valence-electron chi connectivity index (χ3n) is 1.83. The van der Waals surface area contributed by atoms with Crippen LogP contribution in [0.15, 0.2) is 12.3 Å². The summed E-state index contributed by atoms with van der Waals surface area (Å²) in [5, 5.41) is 5.91. The van der Waals surface area contributed by atoms with Crippen molar-refractivity contribution in [2.75, 3.05) is 13.3 Å². The van der Waals surface area contributed by atoms with Gasteiger partial charge >= 0.3 is 5.97 Å². The minimum atomic E-state index is -0.280. The van der Waals surface area contributed by atoms with Crippen LogP contribution < -0.4 is 10.6 Å². The Morgan fingerprint density at radius 3 is 3.15 bits per heavy atom. The maximum Gasteiger partial charge on any atom is 0.327 e. The molecule has 0 aliphatic carbocycles. The van der Waals surface area contributed by atoms with E-state index in [-0.39, 0.29) is 12.0 Å². The topological polar surface area (TPSA) is 50.4 Å². The fourth-order valence-electron chi connectivity index (χ4n) is 1.03. The highest BCUT2D eigenvalue weighted by Crippen LogP contribution is 1.96. The van der Waals surface area contributed by atoms with E-state index >= 15 is 0 Å². The fourth-order valence-corrected chi connectivity index (χ4v) is 1.03. The van der Waals surface area contributed by atoms with Crippen LogP contribution in [0.3, 0.4) is 0 Å². The molecule has 0 aromatic rings. The van der Waals surface area contributed by atoms with Crippen molar-refractivity contribution in [1.82, 2.24) is 10.6 Å². The monoisotopic (exact) mass is 184 g/mol. The van der Waals surface area contributed by atoms with Crippen molar-refractivity contribution >= 4 is 5.97 Å². The van der Waals surface area contributed by atoms with E-state index in [0.29, 0.717) is 13.3 Å². The van der Waals surface area contributed by atoms with Gasteiger partial charge in [-0.25, -0.2) is 0 Å². The van der Waals surface area contributed by atoms with Crippen molar-refractivity contribution < 1.29 is 9.53 Å². The van der Waals surface area contributed by atoms with E-state index in [2.05, 4.69) is 17.6 Å². The summed E-state index contributed by atoms with van der Waals surface area (Å²) in [5.74, 6) is -0.189. The Balaban J connectivity index is 2.21. The molecule has 1 heterocycles. The van der Waals surface area contributed by atoms with Gasteiger partial charge in [-0.15, -0.1) is 0 Å². The molecule has 4 nitrogen and oxygen atoms in total. The van der Waals surface area contributed by atoms with Crippen LogP contribution in [-0.4, -0.2) is 25.3 Å². The SMILES string of the molecule is CCCCOC(=O)C1C=CNCN1. The highest BCUT2D eigenvalue weighted by atomic mass is 16.5. The summed E-state index contributed by atoms with van der Waals surface area (Å²) in [6.45, 7) is 3.20. The normalized spacial score (nSPS) is 20.8. The van der Waals surface area contributed by atoms with Gasteiger partial charge in [0, 0.05) is 0 Å². The molecule has 0 bridgehead atoms. The number of nitrogens with one attached hydrogen (secondary N) is 2. The molecule has 4 heteroatoms. The second-order valence-electron chi connectivity index (χ2n) is 2.94. The summed E-state index contributed by atoms with van der Waals surface area (Å²) < 4.78 is 5.04. The first-order valence-electron chi connectivity index (χ1n) is 4.64. The molecule has 1 unspecified atom stereocenters. The van der Waals surface area contributed by atoms with Crippen molar-refractivity contribution in [2.24, 2.45) is 0 Å². The van der Waals surface area contributed by atoms with E-state index in [4.69, 9.17) is 4.74 Å². The zero-order valence-corrected chi connectivity index (χ0v) is 7.88. The number of carbonyl (C=O) groups excluding carboxylic acids is 1. The summed E-state index contributed by atoms with van der Waals surface area (Å²) in [6, 6.07) is -0.280. The molecule has 1 rings (SSSR count). The van der Waals surface area contributed by atoms with Crippen LogP contribution in [0.1, 0.15) is 19.8 Å². The third-order valence-corrected chi connectivity index (χ3v) is 1.83. The van der Waals surface area contributed by atoms with Gasteiger partial charge in [-0.05, 0) is 18.7 Å². The first-order chi connectivity index (χ1) is 6.34. The summed E-state index contributed by atoms with van der Waals surface area (Å²) in [7, 11) is 0. The molecule has 0 amide bonds. The number of carbonyl (C=O) groups is 1. The number of unbranched alkanes of at least 4 members (excludes halogenated alkanes) is 1. The summed E-state index contributed by atoms with van der Waals surface area (Å²) in [4.78, 5) is 11.3. The van der Waals surface area contributed by atoms with Crippen LogP contribution in [0.25, 0.3) is 0 Å². The van der Waals surface area contributed by atoms with E-state index in [1.807, 2.05) is 0 Å². The van der Waals surface area contributed by atoms with E-state index < -0.39 is 0 Å². The first kappa shape index (κ1) is 10.1. The van der Waals surface area contributed by atoms with Crippen molar-refractivity contribution in [3.8, 4) is 0 Å². The molecular formula is C9H16N2O2. The Labute approximate surface area is 78.3 Å². The van der Waals surface area contributed by atoms with Crippen LogP contribution in [0.2, 0.25) is 0 Å². The first-order valence-corrected chi connectivity index (χ1v) is 4.64. The van der Waals surface area contributed by atoms with Gasteiger partial charge in [-0.3, -0.25) is 10.1 Å². The molecule has 0 saturated heterocycles. The minimum Gasteiger partial charge on any atom is -0.464 e. The van der Waals surface area contributed by atoms with Crippen LogP contribution >= 0.6 is 0 Å². The van der Waals surface area contributed by atoms with Gasteiger partial charge in [0.25, 0.3) is 0 Å². The van der Waals surface area contributed by atoms with E-state index in [1.54, 1.807) is 12.3 Å². The van der Waals surface area contributed by atoms with E-state index in [0.717, 1.165) is 12.8 Å². The summed E-state index contributed by atoms with van der Waals surface area (Å²) in [6.07, 6.45) is 5.50. The van der Waals surface area contributed by atoms with E-state index in [1.165, 1.54) is 0 Å². The standard InChI is InChI=1S/C9H16N2O2/c1-2-3-6-13-9(12)8-4-5-10-7-11-8/h4-5,8,10-11H,2-3,6-7H2,1H3. The van der Waals surface area contributed by atoms with Crippen LogP contribution in [0.5, 0.6) is 0 Å². The minimum absolute atomic E-state index is 0.189. The molecule has 0 fully saturated rings. The lowest BCUT2D eigenvalue weighted by Crippen LogP contribution is -2.43. The molecular weight excluding hydrogens is 168 g/mol. The number of esters is 1. The summed E-state index contributed by atoms with van der Waals surface area (Å²) >= 11 is 0. The quantitative estimate of drug-likeness (QED) is 0.489. The Bertz CT molecular complexity index is 192. The average Bonchev–Trinajstić information content (AvgIpc) is 2.19. The number of rotatable bonds is 4. The highest BCUT2D eigenvalue weighted by Gasteiger charge is 2.17. The average molecular weight is 184 g/mol. The van der Waals surface area contributed by atoms with E-state index in [9.17, 15) is 4.79 Å². The third kappa shape index (κ3) is 3.46. The second-order valence-corrected chi connectivity index (χ2v) is 2.94. The Hall–Kier alpha value is -1.03. The predicted octanol–water partition coefficient (Wildman–Crippen LogP) is 0.362. The fraction of sp³-hybridized carbons (Fsp3) is 0.667. The lowest BCUT2D eigenvalue weighted by Gasteiger charge is -2.17. The largest absolute Gasteiger partial charge is 0.464 e. The van der Waals surface area contributed by atoms with Crippen molar-refractivity contribution in [3.05, 3.63) is 12.3 Å². The molecule has 0 aromatic heterocycles. The molecule has 0 spiro atoms. The van der Waals surface area contributed by atoms with Gasteiger partial charge in [-0.1, -0.05) is 13.3 Å². The second kappa shape index (κ2) is 5.59. The van der Waals surface area contributed by atoms with Crippen LogP contribution in [0.4, 0.5) is 0 Å².